The molecule has 0 unspecified atom stereocenters. The van der Waals surface area contributed by atoms with Crippen molar-refractivity contribution in [2.45, 2.75) is 24.4 Å². The lowest BCUT2D eigenvalue weighted by Crippen LogP contribution is -2.54. The Balaban J connectivity index is 0.00000208. The molecule has 2 saturated heterocycles. The first-order chi connectivity index (χ1) is 11.2. The van der Waals surface area contributed by atoms with Crippen molar-refractivity contribution in [3.05, 3.63) is 22.4 Å². The molecule has 1 aromatic rings. The van der Waals surface area contributed by atoms with E-state index < -0.39 is 12.2 Å². The number of hydrogen-bond donors (Lipinski definition) is 3. The molecule has 4 atom stereocenters. The molecule has 2 fully saturated rings. The Labute approximate surface area is 151 Å². The first-order valence-electron chi connectivity index (χ1n) is 7.78. The van der Waals surface area contributed by atoms with Gasteiger partial charge in [0.2, 0.25) is 0 Å². The summed E-state index contributed by atoms with van der Waals surface area (Å²) in [6, 6.07) is 3.34. The first-order valence-corrected chi connectivity index (χ1v) is 8.66. The number of thiophene rings is 1. The predicted molar refractivity (Wildman–Crippen MR) is 91.8 cm³/mol. The molecule has 7 nitrogen and oxygen atoms in total. The van der Waals surface area contributed by atoms with Crippen molar-refractivity contribution in [1.82, 2.24) is 10.2 Å². The van der Waals surface area contributed by atoms with E-state index in [0.717, 1.165) is 0 Å². The van der Waals surface area contributed by atoms with E-state index in [1.807, 2.05) is 11.4 Å². The van der Waals surface area contributed by atoms with E-state index in [9.17, 15) is 15.0 Å². The predicted octanol–water partition coefficient (Wildman–Crippen LogP) is -0.279. The standard InChI is InChI=1S/C15H22N2O5S.ClH/c18-9-11-14(19)13(17-3-5-21-6-4-17)10(22-11)8-16-15(20)12-2-1-7-23-12;/h1-2,7,10-11,13-14,18-19H,3-6,8-9H2,(H,16,20);1H/t10-,11+,13+,14-;/m1./s1. The van der Waals surface area contributed by atoms with Gasteiger partial charge in [0.1, 0.15) is 12.2 Å². The Bertz CT molecular complexity index is 512. The highest BCUT2D eigenvalue weighted by Crippen LogP contribution is 2.26. The molecule has 1 aromatic heterocycles. The fraction of sp³-hybridized carbons (Fsp3) is 0.667. The summed E-state index contributed by atoms with van der Waals surface area (Å²) in [5.41, 5.74) is 0. The summed E-state index contributed by atoms with van der Waals surface area (Å²) in [7, 11) is 0. The zero-order valence-electron chi connectivity index (χ0n) is 13.2. The largest absolute Gasteiger partial charge is 0.394 e. The lowest BCUT2D eigenvalue weighted by Gasteiger charge is -2.36. The summed E-state index contributed by atoms with van der Waals surface area (Å²) < 4.78 is 11.1. The van der Waals surface area contributed by atoms with E-state index in [-0.39, 0.29) is 37.1 Å². The fourth-order valence-electron chi connectivity index (χ4n) is 3.16. The van der Waals surface area contributed by atoms with Crippen LogP contribution in [0.15, 0.2) is 17.5 Å². The Kier molecular flexibility index (Phi) is 7.42. The smallest absolute Gasteiger partial charge is 0.261 e. The average Bonchev–Trinajstić information content (AvgIpc) is 3.21. The number of carbonyl (C=O) groups excluding carboxylic acids is 1. The molecule has 1 amide bonds. The van der Waals surface area contributed by atoms with Crippen molar-refractivity contribution in [3.8, 4) is 0 Å². The van der Waals surface area contributed by atoms with Gasteiger partial charge in [-0.1, -0.05) is 6.07 Å². The summed E-state index contributed by atoms with van der Waals surface area (Å²) in [5.74, 6) is -0.147. The third kappa shape index (κ3) is 4.26. The number of aliphatic hydroxyl groups is 2. The van der Waals surface area contributed by atoms with E-state index in [4.69, 9.17) is 9.47 Å². The number of nitrogens with one attached hydrogen (secondary N) is 1. The van der Waals surface area contributed by atoms with Gasteiger partial charge in [0.15, 0.2) is 0 Å². The van der Waals surface area contributed by atoms with E-state index in [2.05, 4.69) is 10.2 Å². The van der Waals surface area contributed by atoms with Crippen LogP contribution in [0.25, 0.3) is 0 Å². The number of amides is 1. The molecule has 0 bridgehead atoms. The topological polar surface area (TPSA) is 91.3 Å². The van der Waals surface area contributed by atoms with Gasteiger partial charge in [0.25, 0.3) is 5.91 Å². The quantitative estimate of drug-likeness (QED) is 0.653. The molecule has 136 valence electrons. The van der Waals surface area contributed by atoms with Crippen LogP contribution in [0, 0.1) is 0 Å². The van der Waals surface area contributed by atoms with Gasteiger partial charge in [-0.3, -0.25) is 9.69 Å². The zero-order chi connectivity index (χ0) is 16.2. The molecule has 0 saturated carbocycles. The SMILES string of the molecule is Cl.O=C(NC[C@H]1O[C@@H](CO)[C@@H](O)[C@H]1N1CCOCC1)c1cccs1. The minimum Gasteiger partial charge on any atom is -0.394 e. The van der Waals surface area contributed by atoms with Crippen molar-refractivity contribution < 1.29 is 24.5 Å². The fourth-order valence-corrected chi connectivity index (χ4v) is 3.80. The Morgan fingerprint density at radius 3 is 2.75 bits per heavy atom. The summed E-state index contributed by atoms with van der Waals surface area (Å²) >= 11 is 1.38. The summed E-state index contributed by atoms with van der Waals surface area (Å²) in [4.78, 5) is 14.8. The minimum atomic E-state index is -0.776. The molecule has 2 aliphatic heterocycles. The summed E-state index contributed by atoms with van der Waals surface area (Å²) in [5, 5.41) is 24.5. The summed E-state index contributed by atoms with van der Waals surface area (Å²) in [6.45, 7) is 2.70. The second kappa shape index (κ2) is 9.10. The van der Waals surface area contributed by atoms with Crippen molar-refractivity contribution in [2.75, 3.05) is 39.5 Å². The Morgan fingerprint density at radius 1 is 1.38 bits per heavy atom. The minimum absolute atomic E-state index is 0. The Morgan fingerprint density at radius 2 is 2.12 bits per heavy atom. The average molecular weight is 379 g/mol. The lowest BCUT2D eigenvalue weighted by molar-refractivity contribution is -0.0220. The molecule has 3 N–H and O–H groups in total. The highest BCUT2D eigenvalue weighted by Gasteiger charge is 2.46. The van der Waals surface area contributed by atoms with Gasteiger partial charge in [-0.25, -0.2) is 0 Å². The van der Waals surface area contributed by atoms with Crippen LogP contribution >= 0.6 is 23.7 Å². The van der Waals surface area contributed by atoms with Gasteiger partial charge in [0, 0.05) is 19.6 Å². The molecule has 3 heterocycles. The van der Waals surface area contributed by atoms with Gasteiger partial charge in [0.05, 0.1) is 36.8 Å². The van der Waals surface area contributed by atoms with Crippen LogP contribution in [0.3, 0.4) is 0 Å². The van der Waals surface area contributed by atoms with Gasteiger partial charge in [-0.05, 0) is 11.4 Å². The molecule has 2 aliphatic rings. The van der Waals surface area contributed by atoms with Crippen LogP contribution in [0.2, 0.25) is 0 Å². The van der Waals surface area contributed by atoms with Crippen LogP contribution in [0.5, 0.6) is 0 Å². The maximum atomic E-state index is 12.1. The molecule has 3 rings (SSSR count). The van der Waals surface area contributed by atoms with Crippen molar-refractivity contribution in [2.24, 2.45) is 0 Å². The van der Waals surface area contributed by atoms with Gasteiger partial charge >= 0.3 is 0 Å². The van der Waals surface area contributed by atoms with E-state index in [0.29, 0.717) is 37.7 Å². The maximum Gasteiger partial charge on any atom is 0.261 e. The maximum absolute atomic E-state index is 12.1. The molecular weight excluding hydrogens is 356 g/mol. The monoisotopic (exact) mass is 378 g/mol. The molecule has 24 heavy (non-hydrogen) atoms. The van der Waals surface area contributed by atoms with Crippen molar-refractivity contribution >= 4 is 29.7 Å². The number of ether oxygens (including phenoxy) is 2. The normalized spacial score (nSPS) is 30.8. The number of nitrogens with zero attached hydrogens (tertiary/aromatic N) is 1. The van der Waals surface area contributed by atoms with Crippen molar-refractivity contribution in [1.29, 1.82) is 0 Å². The molecule has 0 spiro atoms. The van der Waals surface area contributed by atoms with Crippen molar-refractivity contribution in [3.63, 3.8) is 0 Å². The number of aliphatic hydroxyl groups excluding tert-OH is 2. The van der Waals surface area contributed by atoms with Gasteiger partial charge in [-0.15, -0.1) is 23.7 Å². The van der Waals surface area contributed by atoms with Gasteiger partial charge in [-0.2, -0.15) is 0 Å². The highest BCUT2D eigenvalue weighted by atomic mass is 35.5. The molecule has 0 aromatic carbocycles. The van der Waals surface area contributed by atoms with Crippen LogP contribution in [-0.2, 0) is 9.47 Å². The van der Waals surface area contributed by atoms with Crippen LogP contribution in [0.4, 0.5) is 0 Å². The Hall–Kier alpha value is -0.740. The lowest BCUT2D eigenvalue weighted by atomic mass is 10.0. The first kappa shape index (κ1) is 19.6. The molecule has 9 heteroatoms. The van der Waals surface area contributed by atoms with Crippen LogP contribution < -0.4 is 5.32 Å². The van der Waals surface area contributed by atoms with Gasteiger partial charge < -0.3 is 25.0 Å². The van der Waals surface area contributed by atoms with E-state index in [1.54, 1.807) is 6.07 Å². The number of halogens is 1. The van der Waals surface area contributed by atoms with Crippen LogP contribution in [0.1, 0.15) is 9.67 Å². The highest BCUT2D eigenvalue weighted by molar-refractivity contribution is 7.12. The van der Waals surface area contributed by atoms with E-state index in [1.165, 1.54) is 11.3 Å². The van der Waals surface area contributed by atoms with E-state index >= 15 is 0 Å². The number of hydrogen-bond acceptors (Lipinski definition) is 7. The second-order valence-corrected chi connectivity index (χ2v) is 6.66. The molecule has 0 aliphatic carbocycles. The number of rotatable bonds is 5. The summed E-state index contributed by atoms with van der Waals surface area (Å²) in [6.07, 6.45) is -1.75. The zero-order valence-corrected chi connectivity index (χ0v) is 14.8. The third-order valence-electron chi connectivity index (χ3n) is 4.32. The van der Waals surface area contributed by atoms with Crippen LogP contribution in [-0.4, -0.2) is 84.8 Å². The third-order valence-corrected chi connectivity index (χ3v) is 5.19. The molecule has 0 radical (unpaired) electrons. The second-order valence-electron chi connectivity index (χ2n) is 5.71. The molecular formula is C15H23ClN2O5S. The number of morpholine rings is 1. The number of carbonyl (C=O) groups is 1.